The molecule has 0 aliphatic carbocycles. The first-order chi connectivity index (χ1) is 7.99. The number of hydrogen-bond acceptors (Lipinski definition) is 2. The zero-order valence-electron chi connectivity index (χ0n) is 11.1. The van der Waals surface area contributed by atoms with Crippen LogP contribution in [0.3, 0.4) is 0 Å². The maximum atomic E-state index is 11.8. The molecule has 0 spiro atoms. The fraction of sp³-hybridized carbons (Fsp3) is 0.400. The highest BCUT2D eigenvalue weighted by atomic mass is 16.1. The number of ketones is 1. The van der Waals surface area contributed by atoms with Gasteiger partial charge in [-0.25, -0.2) is 0 Å². The monoisotopic (exact) mass is 231 g/mol. The molecule has 2 nitrogen and oxygen atoms in total. The van der Waals surface area contributed by atoms with Gasteiger partial charge in [-0.2, -0.15) is 0 Å². The molecule has 0 aliphatic rings. The summed E-state index contributed by atoms with van der Waals surface area (Å²) < 4.78 is 0. The van der Waals surface area contributed by atoms with E-state index in [1.807, 2.05) is 57.1 Å². The highest BCUT2D eigenvalue weighted by Gasteiger charge is 2.10. The molecule has 0 saturated heterocycles. The quantitative estimate of drug-likeness (QED) is 0.726. The number of benzene rings is 1. The van der Waals surface area contributed by atoms with E-state index in [9.17, 15) is 4.79 Å². The van der Waals surface area contributed by atoms with Crippen molar-refractivity contribution in [3.8, 4) is 0 Å². The summed E-state index contributed by atoms with van der Waals surface area (Å²) in [4.78, 5) is 13.9. The molecule has 0 aliphatic heterocycles. The smallest absolute Gasteiger partial charge is 0.159 e. The average Bonchev–Trinajstić information content (AvgIpc) is 2.25. The minimum atomic E-state index is 0.0473. The third kappa shape index (κ3) is 4.96. The molecule has 0 bridgehead atoms. The summed E-state index contributed by atoms with van der Waals surface area (Å²) in [5.41, 5.74) is 2.29. The molecule has 0 saturated carbocycles. The molecule has 0 amide bonds. The Bertz CT molecular complexity index is 407. The summed E-state index contributed by atoms with van der Waals surface area (Å²) in [6.07, 6.45) is 3.57. The van der Waals surface area contributed by atoms with Crippen LogP contribution in [0.25, 0.3) is 6.08 Å². The van der Waals surface area contributed by atoms with Crippen molar-refractivity contribution in [2.24, 2.45) is 5.92 Å². The molecular weight excluding hydrogens is 210 g/mol. The first-order valence-corrected chi connectivity index (χ1v) is 5.92. The molecule has 0 heterocycles. The summed E-state index contributed by atoms with van der Waals surface area (Å²) in [6.45, 7) is 4.80. The van der Waals surface area contributed by atoms with E-state index in [1.54, 1.807) is 6.08 Å². The molecule has 17 heavy (non-hydrogen) atoms. The second kappa shape index (κ2) is 6.36. The average molecular weight is 231 g/mol. The minimum absolute atomic E-state index is 0.0473. The Morgan fingerprint density at radius 3 is 2.71 bits per heavy atom. The predicted octanol–water partition coefficient (Wildman–Crippen LogP) is 2.78. The van der Waals surface area contributed by atoms with Crippen molar-refractivity contribution < 1.29 is 4.79 Å². The Labute approximate surface area is 104 Å². The lowest BCUT2D eigenvalue weighted by atomic mass is 10.0. The van der Waals surface area contributed by atoms with Crippen molar-refractivity contribution in [3.05, 3.63) is 41.5 Å². The van der Waals surface area contributed by atoms with Crippen LogP contribution in [0.15, 0.2) is 30.3 Å². The van der Waals surface area contributed by atoms with Crippen LogP contribution in [-0.4, -0.2) is 31.3 Å². The van der Waals surface area contributed by atoms with Gasteiger partial charge in [0.25, 0.3) is 0 Å². The van der Waals surface area contributed by atoms with Gasteiger partial charge in [-0.3, -0.25) is 4.79 Å². The van der Waals surface area contributed by atoms with Crippen molar-refractivity contribution >= 4 is 11.9 Å². The van der Waals surface area contributed by atoms with Gasteiger partial charge in [0.1, 0.15) is 0 Å². The maximum absolute atomic E-state index is 11.8. The lowest BCUT2D eigenvalue weighted by molar-refractivity contribution is -0.118. The Morgan fingerprint density at radius 1 is 1.41 bits per heavy atom. The van der Waals surface area contributed by atoms with E-state index in [4.69, 9.17) is 0 Å². The van der Waals surface area contributed by atoms with Gasteiger partial charge in [-0.15, -0.1) is 0 Å². The number of carbonyl (C=O) groups excluding carboxylic acids is 1. The highest BCUT2D eigenvalue weighted by Crippen LogP contribution is 2.07. The summed E-state index contributed by atoms with van der Waals surface area (Å²) in [5, 5.41) is 0. The van der Waals surface area contributed by atoms with Crippen LogP contribution >= 0.6 is 0 Å². The van der Waals surface area contributed by atoms with Gasteiger partial charge in [0, 0.05) is 12.5 Å². The first kappa shape index (κ1) is 13.7. The standard InChI is InChI=1S/C15H21NO/c1-12-6-5-7-14(10-12)8-9-15(17)13(2)11-16(3)4/h5-10,13H,11H2,1-4H3/b9-8+. The molecule has 0 N–H and O–H groups in total. The minimum Gasteiger partial charge on any atom is -0.309 e. The fourth-order valence-electron chi connectivity index (χ4n) is 1.75. The number of carbonyl (C=O) groups is 1. The molecular formula is C15H21NO. The topological polar surface area (TPSA) is 20.3 Å². The summed E-state index contributed by atoms with van der Waals surface area (Å²) in [6, 6.07) is 8.13. The van der Waals surface area contributed by atoms with Gasteiger partial charge >= 0.3 is 0 Å². The van der Waals surface area contributed by atoms with Gasteiger partial charge in [-0.05, 0) is 32.7 Å². The maximum Gasteiger partial charge on any atom is 0.159 e. The van der Waals surface area contributed by atoms with Gasteiger partial charge in [0.15, 0.2) is 5.78 Å². The number of hydrogen-bond donors (Lipinski definition) is 0. The van der Waals surface area contributed by atoms with Crippen LogP contribution in [0.4, 0.5) is 0 Å². The van der Waals surface area contributed by atoms with Crippen molar-refractivity contribution in [2.75, 3.05) is 20.6 Å². The number of aryl methyl sites for hydroxylation is 1. The number of rotatable bonds is 5. The van der Waals surface area contributed by atoms with Crippen molar-refractivity contribution in [1.82, 2.24) is 4.90 Å². The number of allylic oxidation sites excluding steroid dienone is 1. The predicted molar refractivity (Wildman–Crippen MR) is 72.9 cm³/mol. The van der Waals surface area contributed by atoms with E-state index in [1.165, 1.54) is 5.56 Å². The molecule has 1 rings (SSSR count). The first-order valence-electron chi connectivity index (χ1n) is 5.92. The second-order valence-electron chi connectivity index (χ2n) is 4.81. The molecule has 2 heteroatoms. The summed E-state index contributed by atoms with van der Waals surface area (Å²) in [5.74, 6) is 0.228. The Kier molecular flexibility index (Phi) is 5.11. The van der Waals surface area contributed by atoms with Crippen LogP contribution in [0.2, 0.25) is 0 Å². The van der Waals surface area contributed by atoms with E-state index < -0.39 is 0 Å². The zero-order valence-corrected chi connectivity index (χ0v) is 11.1. The summed E-state index contributed by atoms with van der Waals surface area (Å²) in [7, 11) is 3.96. The number of nitrogens with zero attached hydrogens (tertiary/aromatic N) is 1. The molecule has 1 aromatic rings. The van der Waals surface area contributed by atoms with E-state index in [2.05, 4.69) is 6.07 Å². The molecule has 0 aromatic heterocycles. The normalized spacial score (nSPS) is 13.2. The molecule has 1 atom stereocenters. The van der Waals surface area contributed by atoms with E-state index in [0.717, 1.165) is 12.1 Å². The van der Waals surface area contributed by atoms with Gasteiger partial charge < -0.3 is 4.90 Å². The van der Waals surface area contributed by atoms with Crippen LogP contribution in [0, 0.1) is 12.8 Å². The SMILES string of the molecule is Cc1cccc(/C=C/C(=O)C(C)CN(C)C)c1. The van der Waals surface area contributed by atoms with E-state index in [0.29, 0.717) is 0 Å². The van der Waals surface area contributed by atoms with Gasteiger partial charge in [0.2, 0.25) is 0 Å². The molecule has 0 fully saturated rings. The van der Waals surface area contributed by atoms with E-state index in [-0.39, 0.29) is 11.7 Å². The fourth-order valence-corrected chi connectivity index (χ4v) is 1.75. The highest BCUT2D eigenvalue weighted by molar-refractivity contribution is 5.95. The van der Waals surface area contributed by atoms with Crippen LogP contribution < -0.4 is 0 Å². The lowest BCUT2D eigenvalue weighted by Crippen LogP contribution is -2.24. The van der Waals surface area contributed by atoms with Crippen molar-refractivity contribution in [2.45, 2.75) is 13.8 Å². The second-order valence-corrected chi connectivity index (χ2v) is 4.81. The van der Waals surface area contributed by atoms with Gasteiger partial charge in [-0.1, -0.05) is 42.8 Å². The Hall–Kier alpha value is -1.41. The molecule has 92 valence electrons. The molecule has 1 unspecified atom stereocenters. The molecule has 1 aromatic carbocycles. The van der Waals surface area contributed by atoms with E-state index >= 15 is 0 Å². The zero-order chi connectivity index (χ0) is 12.8. The van der Waals surface area contributed by atoms with Crippen LogP contribution in [0.1, 0.15) is 18.1 Å². The Balaban J connectivity index is 2.62. The lowest BCUT2D eigenvalue weighted by Gasteiger charge is -2.13. The third-order valence-electron chi connectivity index (χ3n) is 2.61. The molecule has 0 radical (unpaired) electrons. The van der Waals surface area contributed by atoms with Gasteiger partial charge in [0.05, 0.1) is 0 Å². The van der Waals surface area contributed by atoms with Crippen LogP contribution in [0.5, 0.6) is 0 Å². The Morgan fingerprint density at radius 2 is 2.12 bits per heavy atom. The third-order valence-corrected chi connectivity index (χ3v) is 2.61. The van der Waals surface area contributed by atoms with Crippen LogP contribution in [-0.2, 0) is 4.79 Å². The van der Waals surface area contributed by atoms with Crippen molar-refractivity contribution in [1.29, 1.82) is 0 Å². The van der Waals surface area contributed by atoms with Crippen molar-refractivity contribution in [3.63, 3.8) is 0 Å². The summed E-state index contributed by atoms with van der Waals surface area (Å²) >= 11 is 0. The largest absolute Gasteiger partial charge is 0.309 e.